The van der Waals surface area contributed by atoms with Gasteiger partial charge in [-0.15, -0.1) is 0 Å². The third-order valence-corrected chi connectivity index (χ3v) is 7.33. The lowest BCUT2D eigenvalue weighted by atomic mass is 10.2. The van der Waals surface area contributed by atoms with Crippen molar-refractivity contribution >= 4 is 21.6 Å². The first-order valence-electron chi connectivity index (χ1n) is 10.6. The van der Waals surface area contributed by atoms with Gasteiger partial charge in [-0.05, 0) is 42.5 Å². The van der Waals surface area contributed by atoms with Crippen LogP contribution in [0.3, 0.4) is 0 Å². The number of sulfonamides is 1. The number of imidazole rings is 1. The van der Waals surface area contributed by atoms with Crippen molar-refractivity contribution in [1.82, 2.24) is 13.9 Å². The van der Waals surface area contributed by atoms with Crippen molar-refractivity contribution in [2.24, 2.45) is 7.05 Å². The Labute approximate surface area is 198 Å². The van der Waals surface area contributed by atoms with E-state index in [9.17, 15) is 13.2 Å². The molecular formula is C23H26N4O6S. The number of rotatable bonds is 8. The first kappa shape index (κ1) is 23.7. The summed E-state index contributed by atoms with van der Waals surface area (Å²) in [6.45, 7) is 1.56. The molecule has 3 aromatic rings. The second kappa shape index (κ2) is 10.2. The van der Waals surface area contributed by atoms with Crippen molar-refractivity contribution in [2.75, 3.05) is 38.7 Å². The molecule has 0 aliphatic carbocycles. The minimum Gasteiger partial charge on any atom is -0.495 e. The molecule has 0 saturated carbocycles. The topological polar surface area (TPSA) is 112 Å². The van der Waals surface area contributed by atoms with Crippen molar-refractivity contribution in [1.29, 1.82) is 0 Å². The van der Waals surface area contributed by atoms with Crippen LogP contribution in [0.15, 0.2) is 59.8 Å². The normalized spacial score (nSPS) is 14.5. The quantitative estimate of drug-likeness (QED) is 0.520. The molecule has 1 aromatic heterocycles. The summed E-state index contributed by atoms with van der Waals surface area (Å²) in [6.07, 6.45) is 3.53. The van der Waals surface area contributed by atoms with Gasteiger partial charge in [0.15, 0.2) is 0 Å². The van der Waals surface area contributed by atoms with Crippen LogP contribution in [-0.2, 0) is 28.4 Å². The predicted octanol–water partition coefficient (Wildman–Crippen LogP) is 2.28. The van der Waals surface area contributed by atoms with Gasteiger partial charge in [-0.25, -0.2) is 13.4 Å². The van der Waals surface area contributed by atoms with E-state index in [2.05, 4.69) is 10.3 Å². The van der Waals surface area contributed by atoms with Crippen molar-refractivity contribution in [3.05, 3.63) is 66.2 Å². The van der Waals surface area contributed by atoms with Crippen molar-refractivity contribution in [2.45, 2.75) is 11.5 Å². The smallest absolute Gasteiger partial charge is 0.255 e. The van der Waals surface area contributed by atoms with Gasteiger partial charge in [-0.1, -0.05) is 0 Å². The zero-order chi connectivity index (χ0) is 24.1. The molecule has 1 saturated heterocycles. The summed E-state index contributed by atoms with van der Waals surface area (Å²) in [6, 6.07) is 11.0. The van der Waals surface area contributed by atoms with Gasteiger partial charge in [-0.3, -0.25) is 4.79 Å². The number of methoxy groups -OCH3 is 1. The Morgan fingerprint density at radius 3 is 2.53 bits per heavy atom. The monoisotopic (exact) mass is 486 g/mol. The van der Waals surface area contributed by atoms with Crippen LogP contribution in [0.4, 0.5) is 5.69 Å². The van der Waals surface area contributed by atoms with E-state index in [1.54, 1.807) is 30.5 Å². The molecule has 0 unspecified atom stereocenters. The summed E-state index contributed by atoms with van der Waals surface area (Å²) in [5, 5.41) is 2.75. The highest BCUT2D eigenvalue weighted by atomic mass is 32.2. The van der Waals surface area contributed by atoms with Crippen molar-refractivity contribution < 1.29 is 27.4 Å². The summed E-state index contributed by atoms with van der Waals surface area (Å²) >= 11 is 0. The number of hydrogen-bond acceptors (Lipinski definition) is 7. The van der Waals surface area contributed by atoms with E-state index in [0.717, 1.165) is 5.82 Å². The van der Waals surface area contributed by atoms with Gasteiger partial charge in [-0.2, -0.15) is 4.31 Å². The zero-order valence-corrected chi connectivity index (χ0v) is 19.7. The number of aryl methyl sites for hydroxylation is 1. The third kappa shape index (κ3) is 5.22. The fraction of sp³-hybridized carbons (Fsp3) is 0.304. The molecule has 34 heavy (non-hydrogen) atoms. The van der Waals surface area contributed by atoms with Crippen LogP contribution in [0, 0.1) is 0 Å². The van der Waals surface area contributed by atoms with Crippen LogP contribution < -0.4 is 14.8 Å². The summed E-state index contributed by atoms with van der Waals surface area (Å²) in [4.78, 5) is 17.1. The van der Waals surface area contributed by atoms with Gasteiger partial charge < -0.3 is 24.1 Å². The lowest BCUT2D eigenvalue weighted by Gasteiger charge is -2.26. The number of carbonyl (C=O) groups is 1. The highest BCUT2D eigenvalue weighted by Gasteiger charge is 2.27. The van der Waals surface area contributed by atoms with Crippen LogP contribution >= 0.6 is 0 Å². The van der Waals surface area contributed by atoms with Crippen LogP contribution in [0.25, 0.3) is 0 Å². The maximum Gasteiger partial charge on any atom is 0.255 e. The summed E-state index contributed by atoms with van der Waals surface area (Å²) in [5.41, 5.74) is 0.643. The molecule has 180 valence electrons. The second-order valence-electron chi connectivity index (χ2n) is 7.60. The Kier molecular flexibility index (Phi) is 7.15. The van der Waals surface area contributed by atoms with Crippen LogP contribution in [0.2, 0.25) is 0 Å². The molecule has 0 radical (unpaired) electrons. The first-order chi connectivity index (χ1) is 16.4. The SMILES string of the molecule is COc1ccc(S(=O)(=O)N2CCOCC2)cc1NC(=O)c1ccc(OCc2nccn2C)cc1. The number of anilines is 1. The number of nitrogens with zero attached hydrogens (tertiary/aromatic N) is 3. The van der Waals surface area contributed by atoms with Gasteiger partial charge in [0.05, 0.1) is 30.9 Å². The third-order valence-electron chi connectivity index (χ3n) is 5.43. The summed E-state index contributed by atoms with van der Waals surface area (Å²) < 4.78 is 45.5. The Hall–Kier alpha value is -3.41. The fourth-order valence-electron chi connectivity index (χ4n) is 3.46. The maximum absolute atomic E-state index is 13.0. The van der Waals surface area contributed by atoms with Crippen LogP contribution in [0.5, 0.6) is 11.5 Å². The fourth-order valence-corrected chi connectivity index (χ4v) is 4.90. The van der Waals surface area contributed by atoms with Crippen molar-refractivity contribution in [3.8, 4) is 11.5 Å². The van der Waals surface area contributed by atoms with Gasteiger partial charge in [0.2, 0.25) is 10.0 Å². The highest BCUT2D eigenvalue weighted by molar-refractivity contribution is 7.89. The Bertz CT molecular complexity index is 1250. The Morgan fingerprint density at radius 2 is 1.88 bits per heavy atom. The number of hydrogen-bond donors (Lipinski definition) is 1. The molecule has 0 bridgehead atoms. The standard InChI is InChI=1S/C23H26N4O6S/c1-26-10-9-24-22(26)16-33-18-5-3-17(4-6-18)23(28)25-20-15-19(7-8-21(20)31-2)34(29,30)27-11-13-32-14-12-27/h3-10,15H,11-14,16H2,1-2H3,(H,25,28). The van der Waals surface area contributed by atoms with E-state index < -0.39 is 15.9 Å². The number of amides is 1. The Morgan fingerprint density at radius 1 is 1.15 bits per heavy atom. The van der Waals surface area contributed by atoms with E-state index in [1.807, 2.05) is 17.8 Å². The van der Waals surface area contributed by atoms with Gasteiger partial charge in [0.25, 0.3) is 5.91 Å². The van der Waals surface area contributed by atoms with Gasteiger partial charge in [0.1, 0.15) is 23.9 Å². The molecule has 2 heterocycles. The minimum atomic E-state index is -3.72. The summed E-state index contributed by atoms with van der Waals surface area (Å²) in [5.74, 6) is 1.32. The van der Waals surface area contributed by atoms with Crippen LogP contribution in [-0.4, -0.2) is 61.6 Å². The van der Waals surface area contributed by atoms with Crippen LogP contribution in [0.1, 0.15) is 16.2 Å². The average Bonchev–Trinajstić information content (AvgIpc) is 3.28. The van der Waals surface area contributed by atoms with Crippen molar-refractivity contribution in [3.63, 3.8) is 0 Å². The number of benzene rings is 2. The number of morpholine rings is 1. The van der Waals surface area contributed by atoms with E-state index in [0.29, 0.717) is 36.9 Å². The molecule has 1 amide bonds. The molecule has 11 heteroatoms. The van der Waals surface area contributed by atoms with E-state index in [-0.39, 0.29) is 23.7 Å². The van der Waals surface area contributed by atoms with E-state index in [4.69, 9.17) is 14.2 Å². The molecule has 1 fully saturated rings. The predicted molar refractivity (Wildman–Crippen MR) is 125 cm³/mol. The number of nitrogens with one attached hydrogen (secondary N) is 1. The molecule has 1 aliphatic rings. The van der Waals surface area contributed by atoms with E-state index >= 15 is 0 Å². The second-order valence-corrected chi connectivity index (χ2v) is 9.54. The van der Waals surface area contributed by atoms with Gasteiger partial charge >= 0.3 is 0 Å². The molecule has 2 aromatic carbocycles. The molecule has 1 N–H and O–H groups in total. The lowest BCUT2D eigenvalue weighted by Crippen LogP contribution is -2.40. The lowest BCUT2D eigenvalue weighted by molar-refractivity contribution is 0.0730. The largest absolute Gasteiger partial charge is 0.495 e. The molecule has 0 spiro atoms. The number of aromatic nitrogens is 2. The highest BCUT2D eigenvalue weighted by Crippen LogP contribution is 2.30. The zero-order valence-electron chi connectivity index (χ0n) is 18.9. The molecule has 0 atom stereocenters. The first-order valence-corrected chi connectivity index (χ1v) is 12.1. The molecule has 10 nitrogen and oxygen atoms in total. The van der Waals surface area contributed by atoms with E-state index in [1.165, 1.54) is 29.6 Å². The Balaban J connectivity index is 1.47. The van der Waals surface area contributed by atoms with Gasteiger partial charge in [0, 0.05) is 38.1 Å². The summed E-state index contributed by atoms with van der Waals surface area (Å²) in [7, 11) is -0.384. The maximum atomic E-state index is 13.0. The minimum absolute atomic E-state index is 0.0727. The molecule has 1 aliphatic heterocycles. The molecular weight excluding hydrogens is 460 g/mol. The number of carbonyl (C=O) groups excluding carboxylic acids is 1. The average molecular weight is 487 g/mol. The molecule has 4 rings (SSSR count). The number of ether oxygens (including phenoxy) is 3.